The highest BCUT2D eigenvalue weighted by Crippen LogP contribution is 2.40. The Morgan fingerprint density at radius 3 is 2.77 bits per heavy atom. The molecule has 2 saturated heterocycles. The number of aromatic nitrogens is 2. The van der Waals surface area contributed by atoms with Crippen LogP contribution >= 0.6 is 0 Å². The summed E-state index contributed by atoms with van der Waals surface area (Å²) in [6, 6.07) is 3.78. The number of likely N-dealkylation sites (tertiary alicyclic amines) is 1. The van der Waals surface area contributed by atoms with Gasteiger partial charge in [0.2, 0.25) is 5.95 Å². The lowest BCUT2D eigenvalue weighted by molar-refractivity contribution is -0.00584. The third kappa shape index (κ3) is 3.73. The standard InChI is InChI=1S/C22H30N4O4/c1-15-8-26(9-16(2)29-15)21-23-7-17-12-28-14-22(20(17)24-21)5-6-25(13-22)10-18-3-4-19(11-27)30-18/h3-4,7,15-16,27H,5-6,8-14H2,1-2H3/t15-,16-,22+/m1/s1. The van der Waals surface area contributed by atoms with Gasteiger partial charge in [-0.2, -0.15) is 0 Å². The van der Waals surface area contributed by atoms with Crippen molar-refractivity contribution in [2.24, 2.45) is 0 Å². The first-order valence-electron chi connectivity index (χ1n) is 10.8. The zero-order valence-corrected chi connectivity index (χ0v) is 17.7. The minimum absolute atomic E-state index is 0.0658. The molecule has 0 radical (unpaired) electrons. The van der Waals surface area contributed by atoms with Crippen molar-refractivity contribution in [2.75, 3.05) is 37.7 Å². The maximum absolute atomic E-state index is 9.24. The first-order chi connectivity index (χ1) is 14.5. The molecule has 5 heterocycles. The predicted molar refractivity (Wildman–Crippen MR) is 110 cm³/mol. The Morgan fingerprint density at radius 1 is 1.20 bits per heavy atom. The molecule has 1 spiro atoms. The third-order valence-corrected chi connectivity index (χ3v) is 6.38. The molecular weight excluding hydrogens is 384 g/mol. The average molecular weight is 415 g/mol. The van der Waals surface area contributed by atoms with Crippen LogP contribution in [0.5, 0.6) is 0 Å². The summed E-state index contributed by atoms with van der Waals surface area (Å²) >= 11 is 0. The van der Waals surface area contributed by atoms with Crippen molar-refractivity contribution in [2.45, 2.75) is 57.6 Å². The van der Waals surface area contributed by atoms with Crippen molar-refractivity contribution >= 4 is 5.95 Å². The summed E-state index contributed by atoms with van der Waals surface area (Å²) in [5.74, 6) is 2.29. The SMILES string of the molecule is C[C@@H]1CN(c2ncc3c(n2)[C@]2(CCN(Cc4ccc(CO)o4)C2)COC3)C[C@@H](C)O1. The summed E-state index contributed by atoms with van der Waals surface area (Å²) in [5, 5.41) is 9.24. The molecule has 0 bridgehead atoms. The Bertz CT molecular complexity index is 893. The number of hydrogen-bond donors (Lipinski definition) is 1. The van der Waals surface area contributed by atoms with Gasteiger partial charge in [-0.15, -0.1) is 0 Å². The zero-order valence-electron chi connectivity index (χ0n) is 17.7. The lowest BCUT2D eigenvalue weighted by Gasteiger charge is -2.38. The van der Waals surface area contributed by atoms with Gasteiger partial charge in [-0.25, -0.2) is 9.97 Å². The number of aliphatic hydroxyl groups is 1. The number of furan rings is 1. The summed E-state index contributed by atoms with van der Waals surface area (Å²) in [7, 11) is 0. The maximum Gasteiger partial charge on any atom is 0.225 e. The quantitative estimate of drug-likeness (QED) is 0.812. The van der Waals surface area contributed by atoms with Crippen LogP contribution in [0.25, 0.3) is 0 Å². The Kier molecular flexibility index (Phi) is 5.26. The molecule has 2 aromatic rings. The Hall–Kier alpha value is -2.00. The molecule has 0 amide bonds. The molecule has 0 aliphatic carbocycles. The molecular formula is C22H30N4O4. The van der Waals surface area contributed by atoms with E-state index >= 15 is 0 Å². The smallest absolute Gasteiger partial charge is 0.225 e. The summed E-state index contributed by atoms with van der Waals surface area (Å²) in [4.78, 5) is 14.4. The number of ether oxygens (including phenoxy) is 2. The number of aliphatic hydroxyl groups excluding tert-OH is 1. The van der Waals surface area contributed by atoms with Gasteiger partial charge in [0.15, 0.2) is 0 Å². The fraction of sp³-hybridized carbons (Fsp3) is 0.636. The van der Waals surface area contributed by atoms with Crippen LogP contribution in [-0.4, -0.2) is 65.0 Å². The highest BCUT2D eigenvalue weighted by atomic mass is 16.5. The molecule has 0 aromatic carbocycles. The normalized spacial score (nSPS) is 29.5. The first kappa shape index (κ1) is 19.9. The molecule has 8 heteroatoms. The zero-order chi connectivity index (χ0) is 20.7. The van der Waals surface area contributed by atoms with Gasteiger partial charge in [0.1, 0.15) is 18.1 Å². The van der Waals surface area contributed by atoms with Crippen LogP contribution < -0.4 is 4.90 Å². The van der Waals surface area contributed by atoms with Crippen LogP contribution in [0.15, 0.2) is 22.7 Å². The van der Waals surface area contributed by atoms with E-state index in [2.05, 4.69) is 28.6 Å². The minimum atomic E-state index is -0.110. The van der Waals surface area contributed by atoms with Crippen LogP contribution in [0, 0.1) is 0 Å². The number of morpholine rings is 1. The maximum atomic E-state index is 9.24. The molecule has 0 saturated carbocycles. The lowest BCUT2D eigenvalue weighted by atomic mass is 9.80. The molecule has 3 aliphatic heterocycles. The summed E-state index contributed by atoms with van der Waals surface area (Å²) < 4.78 is 17.5. The van der Waals surface area contributed by atoms with Gasteiger partial charge < -0.3 is 23.9 Å². The molecule has 3 aliphatic rings. The van der Waals surface area contributed by atoms with E-state index in [0.29, 0.717) is 19.0 Å². The average Bonchev–Trinajstić information content (AvgIpc) is 3.35. The summed E-state index contributed by atoms with van der Waals surface area (Å²) in [5.41, 5.74) is 2.13. The van der Waals surface area contributed by atoms with E-state index in [1.54, 1.807) is 0 Å². The van der Waals surface area contributed by atoms with Gasteiger partial charge in [-0.05, 0) is 38.9 Å². The van der Waals surface area contributed by atoms with Crippen molar-refractivity contribution in [3.05, 3.63) is 41.1 Å². The third-order valence-electron chi connectivity index (χ3n) is 6.38. The van der Waals surface area contributed by atoms with Gasteiger partial charge in [0, 0.05) is 31.4 Å². The second kappa shape index (κ2) is 7.92. The summed E-state index contributed by atoms with van der Waals surface area (Å²) in [6.45, 7) is 9.58. The van der Waals surface area contributed by atoms with E-state index in [0.717, 1.165) is 62.1 Å². The highest BCUT2D eigenvalue weighted by molar-refractivity contribution is 5.39. The molecule has 0 unspecified atom stereocenters. The van der Waals surface area contributed by atoms with Gasteiger partial charge in [0.25, 0.3) is 0 Å². The summed E-state index contributed by atoms with van der Waals surface area (Å²) in [6.07, 6.45) is 3.29. The Balaban J connectivity index is 1.37. The van der Waals surface area contributed by atoms with E-state index in [4.69, 9.17) is 18.9 Å². The Morgan fingerprint density at radius 2 is 2.00 bits per heavy atom. The van der Waals surface area contributed by atoms with E-state index in [1.807, 2.05) is 18.3 Å². The fourth-order valence-electron chi connectivity index (χ4n) is 5.10. The predicted octanol–water partition coefficient (Wildman–Crippen LogP) is 1.85. The molecule has 2 fully saturated rings. The van der Waals surface area contributed by atoms with Gasteiger partial charge >= 0.3 is 0 Å². The number of nitrogens with zero attached hydrogens (tertiary/aromatic N) is 4. The largest absolute Gasteiger partial charge is 0.462 e. The Labute approximate surface area is 176 Å². The molecule has 2 aromatic heterocycles. The molecule has 162 valence electrons. The van der Waals surface area contributed by atoms with E-state index in [9.17, 15) is 5.11 Å². The van der Waals surface area contributed by atoms with Crippen molar-refractivity contribution in [1.29, 1.82) is 0 Å². The fourth-order valence-corrected chi connectivity index (χ4v) is 5.10. The van der Waals surface area contributed by atoms with Crippen molar-refractivity contribution < 1.29 is 19.0 Å². The molecule has 1 N–H and O–H groups in total. The van der Waals surface area contributed by atoms with Crippen LogP contribution in [0.4, 0.5) is 5.95 Å². The molecule has 30 heavy (non-hydrogen) atoms. The number of anilines is 1. The topological polar surface area (TPSA) is 84.1 Å². The second-order valence-electron chi connectivity index (χ2n) is 8.97. The van der Waals surface area contributed by atoms with Crippen molar-refractivity contribution in [3.8, 4) is 0 Å². The molecule has 5 rings (SSSR count). The van der Waals surface area contributed by atoms with Crippen LogP contribution in [0.2, 0.25) is 0 Å². The lowest BCUT2D eigenvalue weighted by Crippen LogP contribution is -2.47. The highest BCUT2D eigenvalue weighted by Gasteiger charge is 2.45. The van der Waals surface area contributed by atoms with Crippen LogP contribution in [0.1, 0.15) is 43.0 Å². The minimum Gasteiger partial charge on any atom is -0.462 e. The van der Waals surface area contributed by atoms with Crippen molar-refractivity contribution in [3.63, 3.8) is 0 Å². The molecule has 3 atom stereocenters. The van der Waals surface area contributed by atoms with E-state index in [1.165, 1.54) is 0 Å². The first-order valence-corrected chi connectivity index (χ1v) is 10.8. The van der Waals surface area contributed by atoms with E-state index in [-0.39, 0.29) is 24.2 Å². The monoisotopic (exact) mass is 414 g/mol. The number of hydrogen-bond acceptors (Lipinski definition) is 8. The van der Waals surface area contributed by atoms with Gasteiger partial charge in [-0.1, -0.05) is 0 Å². The van der Waals surface area contributed by atoms with E-state index < -0.39 is 0 Å². The van der Waals surface area contributed by atoms with Crippen LogP contribution in [0.3, 0.4) is 0 Å². The number of fused-ring (bicyclic) bond motifs is 2. The second-order valence-corrected chi connectivity index (χ2v) is 8.97. The number of rotatable bonds is 4. The van der Waals surface area contributed by atoms with Crippen LogP contribution in [-0.2, 0) is 34.6 Å². The molecule has 8 nitrogen and oxygen atoms in total. The van der Waals surface area contributed by atoms with Gasteiger partial charge in [0.05, 0.1) is 43.1 Å². The van der Waals surface area contributed by atoms with Crippen molar-refractivity contribution in [1.82, 2.24) is 14.9 Å². The van der Waals surface area contributed by atoms with Gasteiger partial charge in [-0.3, -0.25) is 4.90 Å².